The third-order valence-electron chi connectivity index (χ3n) is 1.60. The first-order valence-electron chi connectivity index (χ1n) is 3.61. The van der Waals surface area contributed by atoms with E-state index in [0.717, 1.165) is 0 Å². The van der Waals surface area contributed by atoms with Gasteiger partial charge in [0.1, 0.15) is 0 Å². The molecule has 0 aliphatic rings. The van der Waals surface area contributed by atoms with Gasteiger partial charge < -0.3 is 10.1 Å². The van der Waals surface area contributed by atoms with Crippen molar-refractivity contribution in [3.05, 3.63) is 35.4 Å². The standard InChI is InChI=1S/C9H8O4/c1-6(10)7-4-2-3-5-8(7)9(11)13-12/h2-5,12H,1H3/p-1. The Labute approximate surface area is 74.7 Å². The van der Waals surface area contributed by atoms with Crippen molar-refractivity contribution in [3.8, 4) is 0 Å². The highest BCUT2D eigenvalue weighted by Crippen LogP contribution is 2.09. The third-order valence-corrected chi connectivity index (χ3v) is 1.60. The summed E-state index contributed by atoms with van der Waals surface area (Å²) >= 11 is 0. The van der Waals surface area contributed by atoms with Gasteiger partial charge in [0.15, 0.2) is 5.78 Å². The predicted molar refractivity (Wildman–Crippen MR) is 41.9 cm³/mol. The number of ketones is 1. The first-order valence-corrected chi connectivity index (χ1v) is 3.61. The molecular weight excluding hydrogens is 172 g/mol. The summed E-state index contributed by atoms with van der Waals surface area (Å²) in [5.41, 5.74) is 0.202. The Bertz CT molecular complexity index is 343. The Kier molecular flexibility index (Phi) is 2.76. The maximum absolute atomic E-state index is 11.0. The van der Waals surface area contributed by atoms with Crippen molar-refractivity contribution in [2.24, 2.45) is 0 Å². The first-order chi connectivity index (χ1) is 6.16. The second-order valence-electron chi connectivity index (χ2n) is 2.47. The third kappa shape index (κ3) is 1.91. The van der Waals surface area contributed by atoms with E-state index in [1.54, 1.807) is 12.1 Å². The Morgan fingerprint density at radius 2 is 1.77 bits per heavy atom. The summed E-state index contributed by atoms with van der Waals surface area (Å²) in [6.45, 7) is 1.32. The molecule has 0 aliphatic carbocycles. The highest BCUT2D eigenvalue weighted by Gasteiger charge is 2.12. The number of carbonyl (C=O) groups is 2. The molecule has 1 aromatic carbocycles. The zero-order valence-electron chi connectivity index (χ0n) is 6.94. The van der Waals surface area contributed by atoms with Crippen LogP contribution in [0, 0.1) is 0 Å². The van der Waals surface area contributed by atoms with Crippen LogP contribution in [0.2, 0.25) is 0 Å². The van der Waals surface area contributed by atoms with Crippen LogP contribution < -0.4 is 5.26 Å². The molecule has 4 heteroatoms. The summed E-state index contributed by atoms with van der Waals surface area (Å²) in [5.74, 6) is -1.31. The first kappa shape index (κ1) is 9.41. The lowest BCUT2D eigenvalue weighted by Crippen LogP contribution is -2.16. The molecule has 0 bridgehead atoms. The molecule has 0 saturated carbocycles. The molecule has 0 aromatic heterocycles. The number of hydrogen-bond acceptors (Lipinski definition) is 4. The van der Waals surface area contributed by atoms with E-state index >= 15 is 0 Å². The second-order valence-corrected chi connectivity index (χ2v) is 2.47. The van der Waals surface area contributed by atoms with Crippen LogP contribution in [-0.2, 0) is 4.89 Å². The Morgan fingerprint density at radius 1 is 1.23 bits per heavy atom. The van der Waals surface area contributed by atoms with E-state index in [2.05, 4.69) is 4.89 Å². The molecule has 1 aromatic rings. The van der Waals surface area contributed by atoms with Crippen molar-refractivity contribution in [3.63, 3.8) is 0 Å². The Hall–Kier alpha value is -1.68. The maximum Gasteiger partial charge on any atom is 0.333 e. The molecule has 0 amide bonds. The van der Waals surface area contributed by atoms with Crippen LogP contribution in [0.25, 0.3) is 0 Å². The van der Waals surface area contributed by atoms with Crippen LogP contribution in [0.1, 0.15) is 27.6 Å². The lowest BCUT2D eigenvalue weighted by molar-refractivity contribution is -0.653. The highest BCUT2D eigenvalue weighted by atomic mass is 17.1. The van der Waals surface area contributed by atoms with Crippen molar-refractivity contribution < 1.29 is 19.7 Å². The maximum atomic E-state index is 11.0. The van der Waals surface area contributed by atoms with Gasteiger partial charge in [0, 0.05) is 5.56 Å². The minimum Gasteiger partial charge on any atom is -0.661 e. The molecule has 0 unspecified atom stereocenters. The normalized spacial score (nSPS) is 9.38. The van der Waals surface area contributed by atoms with Crippen LogP contribution in [0.5, 0.6) is 0 Å². The van der Waals surface area contributed by atoms with E-state index in [1.165, 1.54) is 19.1 Å². The molecule has 13 heavy (non-hydrogen) atoms. The molecule has 0 spiro atoms. The number of benzene rings is 1. The molecule has 0 fully saturated rings. The quantitative estimate of drug-likeness (QED) is 0.372. The number of hydrogen-bond donors (Lipinski definition) is 0. The van der Waals surface area contributed by atoms with Gasteiger partial charge in [0.05, 0.1) is 5.56 Å². The molecule has 0 radical (unpaired) electrons. The number of rotatable bonds is 2. The van der Waals surface area contributed by atoms with Crippen molar-refractivity contribution in [1.82, 2.24) is 0 Å². The fourth-order valence-corrected chi connectivity index (χ4v) is 1.01. The molecule has 0 N–H and O–H groups in total. The van der Waals surface area contributed by atoms with Crippen LogP contribution in [0.4, 0.5) is 0 Å². The smallest absolute Gasteiger partial charge is 0.333 e. The van der Waals surface area contributed by atoms with Crippen molar-refractivity contribution >= 4 is 11.8 Å². The monoisotopic (exact) mass is 179 g/mol. The van der Waals surface area contributed by atoms with Gasteiger partial charge in [0.2, 0.25) is 0 Å². The molecular formula is C9H7O4-. The molecule has 68 valence electrons. The lowest BCUT2D eigenvalue weighted by atomic mass is 10.1. The summed E-state index contributed by atoms with van der Waals surface area (Å²) in [6.07, 6.45) is 0. The van der Waals surface area contributed by atoms with Gasteiger partial charge in [-0.05, 0) is 13.0 Å². The van der Waals surface area contributed by atoms with Crippen molar-refractivity contribution in [2.45, 2.75) is 6.92 Å². The van der Waals surface area contributed by atoms with Crippen LogP contribution >= 0.6 is 0 Å². The van der Waals surface area contributed by atoms with Crippen LogP contribution in [0.3, 0.4) is 0 Å². The summed E-state index contributed by atoms with van der Waals surface area (Å²) in [6, 6.07) is 6.00. The van der Waals surface area contributed by atoms with E-state index in [9.17, 15) is 14.8 Å². The zero-order valence-corrected chi connectivity index (χ0v) is 6.94. The van der Waals surface area contributed by atoms with E-state index in [1.807, 2.05) is 0 Å². The van der Waals surface area contributed by atoms with Crippen LogP contribution in [-0.4, -0.2) is 11.8 Å². The largest absolute Gasteiger partial charge is 0.661 e. The predicted octanol–water partition coefficient (Wildman–Crippen LogP) is 0.321. The molecule has 0 heterocycles. The summed E-state index contributed by atoms with van der Waals surface area (Å²) in [7, 11) is 0. The summed E-state index contributed by atoms with van der Waals surface area (Å²) in [5, 5.41) is 9.84. The topological polar surface area (TPSA) is 66.4 Å². The van der Waals surface area contributed by atoms with Gasteiger partial charge in [-0.3, -0.25) is 4.79 Å². The van der Waals surface area contributed by atoms with Crippen molar-refractivity contribution in [2.75, 3.05) is 0 Å². The van der Waals surface area contributed by atoms with Crippen LogP contribution in [0.15, 0.2) is 24.3 Å². The second kappa shape index (κ2) is 3.82. The lowest BCUT2D eigenvalue weighted by Gasteiger charge is -2.08. The Morgan fingerprint density at radius 3 is 2.23 bits per heavy atom. The minimum atomic E-state index is -1.04. The summed E-state index contributed by atoms with van der Waals surface area (Å²) < 4.78 is 0. The summed E-state index contributed by atoms with van der Waals surface area (Å²) in [4.78, 5) is 25.1. The minimum absolute atomic E-state index is 0.00463. The average molecular weight is 179 g/mol. The van der Waals surface area contributed by atoms with Crippen molar-refractivity contribution in [1.29, 1.82) is 0 Å². The van der Waals surface area contributed by atoms with Gasteiger partial charge in [-0.1, -0.05) is 18.2 Å². The van der Waals surface area contributed by atoms with E-state index in [4.69, 9.17) is 0 Å². The van der Waals surface area contributed by atoms with E-state index < -0.39 is 5.97 Å². The van der Waals surface area contributed by atoms with Gasteiger partial charge in [-0.15, -0.1) is 0 Å². The fourth-order valence-electron chi connectivity index (χ4n) is 1.01. The molecule has 4 nitrogen and oxygen atoms in total. The SMILES string of the molecule is CC(=O)c1ccccc1C(=O)O[O-]. The van der Waals surface area contributed by atoms with E-state index in [0.29, 0.717) is 0 Å². The number of carbonyl (C=O) groups excluding carboxylic acids is 2. The van der Waals surface area contributed by atoms with E-state index in [-0.39, 0.29) is 16.9 Å². The van der Waals surface area contributed by atoms with Gasteiger partial charge in [0.25, 0.3) is 0 Å². The number of Topliss-reactive ketones (excluding diaryl/α,β-unsaturated/α-hetero) is 1. The van der Waals surface area contributed by atoms with Gasteiger partial charge in [-0.2, -0.15) is 0 Å². The average Bonchev–Trinajstić information content (AvgIpc) is 2.16. The Balaban J connectivity index is 3.19. The van der Waals surface area contributed by atoms with Gasteiger partial charge >= 0.3 is 5.97 Å². The molecule has 0 atom stereocenters. The molecule has 0 saturated heterocycles. The highest BCUT2D eigenvalue weighted by molar-refractivity contribution is 6.05. The fraction of sp³-hybridized carbons (Fsp3) is 0.111. The molecule has 1 rings (SSSR count). The zero-order chi connectivity index (χ0) is 9.84. The molecule has 0 aliphatic heterocycles. The van der Waals surface area contributed by atoms with Gasteiger partial charge in [-0.25, -0.2) is 4.79 Å².